The third kappa shape index (κ3) is 3.78. The van der Waals surface area contributed by atoms with Gasteiger partial charge in [0.15, 0.2) is 0 Å². The van der Waals surface area contributed by atoms with Crippen LogP contribution >= 0.6 is 11.6 Å². The van der Waals surface area contributed by atoms with Gasteiger partial charge in [0.25, 0.3) is 5.91 Å². The van der Waals surface area contributed by atoms with Gasteiger partial charge in [-0.2, -0.15) is 0 Å². The molecule has 120 valence electrons. The Morgan fingerprint density at radius 2 is 2.04 bits per heavy atom. The van der Waals surface area contributed by atoms with Crippen molar-refractivity contribution in [2.24, 2.45) is 0 Å². The highest BCUT2D eigenvalue weighted by atomic mass is 35.5. The first-order chi connectivity index (χ1) is 11.1. The molecule has 1 fully saturated rings. The lowest BCUT2D eigenvalue weighted by Crippen LogP contribution is -2.43. The van der Waals surface area contributed by atoms with E-state index in [1.165, 1.54) is 12.1 Å². The SMILES string of the molecule is O=C(Nc1ccc(N2CCNCC2)cn1)c1ccc(Cl)cc1F. The van der Waals surface area contributed by atoms with Gasteiger partial charge in [-0.15, -0.1) is 0 Å². The van der Waals surface area contributed by atoms with Crippen LogP contribution in [0.25, 0.3) is 0 Å². The van der Waals surface area contributed by atoms with Gasteiger partial charge in [-0.1, -0.05) is 11.6 Å². The molecule has 5 nitrogen and oxygen atoms in total. The van der Waals surface area contributed by atoms with Gasteiger partial charge in [-0.05, 0) is 30.3 Å². The predicted molar refractivity (Wildman–Crippen MR) is 88.7 cm³/mol. The fourth-order valence-corrected chi connectivity index (χ4v) is 2.59. The zero-order chi connectivity index (χ0) is 16.2. The fourth-order valence-electron chi connectivity index (χ4n) is 2.43. The Kier molecular flexibility index (Phi) is 4.73. The molecule has 0 unspecified atom stereocenters. The van der Waals surface area contributed by atoms with Crippen molar-refractivity contribution in [1.82, 2.24) is 10.3 Å². The van der Waals surface area contributed by atoms with Crippen molar-refractivity contribution in [2.45, 2.75) is 0 Å². The molecule has 2 heterocycles. The van der Waals surface area contributed by atoms with E-state index in [0.29, 0.717) is 5.82 Å². The quantitative estimate of drug-likeness (QED) is 0.905. The van der Waals surface area contributed by atoms with Crippen LogP contribution in [0.5, 0.6) is 0 Å². The van der Waals surface area contributed by atoms with E-state index in [-0.39, 0.29) is 10.6 Å². The van der Waals surface area contributed by atoms with E-state index in [0.717, 1.165) is 37.9 Å². The number of rotatable bonds is 3. The van der Waals surface area contributed by atoms with Gasteiger partial charge in [0.05, 0.1) is 17.4 Å². The van der Waals surface area contributed by atoms with Crippen LogP contribution in [0.3, 0.4) is 0 Å². The molecule has 7 heteroatoms. The molecule has 1 aliphatic rings. The highest BCUT2D eigenvalue weighted by Gasteiger charge is 2.14. The standard InChI is InChI=1S/C16H16ClFN4O/c17-11-1-3-13(14(18)9-11)16(23)21-15-4-2-12(10-20-15)22-7-5-19-6-8-22/h1-4,9-10,19H,5-8H2,(H,20,21,23). The molecule has 0 spiro atoms. The molecule has 1 amide bonds. The van der Waals surface area contributed by atoms with Crippen LogP contribution in [0.1, 0.15) is 10.4 Å². The minimum Gasteiger partial charge on any atom is -0.368 e. The molecule has 0 bridgehead atoms. The molecule has 1 saturated heterocycles. The average Bonchev–Trinajstić information content (AvgIpc) is 2.56. The molecule has 1 aromatic heterocycles. The van der Waals surface area contributed by atoms with Gasteiger partial charge >= 0.3 is 0 Å². The van der Waals surface area contributed by atoms with Gasteiger partial charge in [-0.25, -0.2) is 9.37 Å². The summed E-state index contributed by atoms with van der Waals surface area (Å²) in [4.78, 5) is 18.5. The Morgan fingerprint density at radius 1 is 1.26 bits per heavy atom. The third-order valence-electron chi connectivity index (χ3n) is 3.65. The largest absolute Gasteiger partial charge is 0.368 e. The number of hydrogen-bond donors (Lipinski definition) is 2. The minimum absolute atomic E-state index is 0.0672. The maximum atomic E-state index is 13.7. The molecular weight excluding hydrogens is 319 g/mol. The number of halogens is 2. The van der Waals surface area contributed by atoms with Gasteiger partial charge in [0, 0.05) is 31.2 Å². The predicted octanol–water partition coefficient (Wildman–Crippen LogP) is 2.54. The molecule has 2 N–H and O–H groups in total. The number of pyridine rings is 1. The highest BCUT2D eigenvalue weighted by Crippen LogP contribution is 2.18. The third-order valence-corrected chi connectivity index (χ3v) is 3.88. The summed E-state index contributed by atoms with van der Waals surface area (Å²) in [5.41, 5.74) is 0.935. The van der Waals surface area contributed by atoms with Gasteiger partial charge < -0.3 is 15.5 Å². The van der Waals surface area contributed by atoms with E-state index in [1.807, 2.05) is 6.07 Å². The molecule has 3 rings (SSSR count). The average molecular weight is 335 g/mol. The van der Waals surface area contributed by atoms with Crippen molar-refractivity contribution < 1.29 is 9.18 Å². The lowest BCUT2D eigenvalue weighted by Gasteiger charge is -2.29. The zero-order valence-electron chi connectivity index (χ0n) is 12.4. The summed E-state index contributed by atoms with van der Waals surface area (Å²) in [5.74, 6) is -0.836. The first kappa shape index (κ1) is 15.7. The van der Waals surface area contributed by atoms with Crippen LogP contribution in [0.4, 0.5) is 15.9 Å². The fraction of sp³-hybridized carbons (Fsp3) is 0.250. The second-order valence-electron chi connectivity index (χ2n) is 5.22. The number of aromatic nitrogens is 1. The molecule has 1 aromatic carbocycles. The second kappa shape index (κ2) is 6.93. The number of carbonyl (C=O) groups is 1. The van der Waals surface area contributed by atoms with Gasteiger partial charge in [-0.3, -0.25) is 4.79 Å². The van der Waals surface area contributed by atoms with E-state index >= 15 is 0 Å². The van der Waals surface area contributed by atoms with E-state index in [4.69, 9.17) is 11.6 Å². The van der Waals surface area contributed by atoms with E-state index in [9.17, 15) is 9.18 Å². The first-order valence-electron chi connectivity index (χ1n) is 7.31. The summed E-state index contributed by atoms with van der Waals surface area (Å²) in [6.45, 7) is 3.72. The van der Waals surface area contributed by atoms with Crippen LogP contribution in [0, 0.1) is 5.82 Å². The number of hydrogen-bond acceptors (Lipinski definition) is 4. The Labute approximate surface area is 138 Å². The van der Waals surface area contributed by atoms with E-state index < -0.39 is 11.7 Å². The lowest BCUT2D eigenvalue weighted by atomic mass is 10.2. The molecule has 2 aromatic rings. The molecule has 23 heavy (non-hydrogen) atoms. The monoisotopic (exact) mass is 334 g/mol. The molecular formula is C16H16ClFN4O. The Hall–Kier alpha value is -2.18. The summed E-state index contributed by atoms with van der Waals surface area (Å²) in [6, 6.07) is 7.54. The smallest absolute Gasteiger partial charge is 0.259 e. The van der Waals surface area contributed by atoms with Crippen molar-refractivity contribution in [3.05, 3.63) is 52.9 Å². The van der Waals surface area contributed by atoms with Gasteiger partial charge in [0.1, 0.15) is 11.6 Å². The summed E-state index contributed by atoms with van der Waals surface area (Å²) in [5, 5.41) is 6.12. The molecule has 1 aliphatic heterocycles. The number of benzene rings is 1. The Morgan fingerprint density at radius 3 is 2.70 bits per heavy atom. The van der Waals surface area contributed by atoms with Crippen LogP contribution in [-0.4, -0.2) is 37.1 Å². The Bertz CT molecular complexity index is 702. The summed E-state index contributed by atoms with van der Waals surface area (Å²) in [6.07, 6.45) is 1.71. The van der Waals surface area contributed by atoms with Crippen molar-refractivity contribution >= 4 is 29.0 Å². The number of nitrogens with zero attached hydrogens (tertiary/aromatic N) is 2. The summed E-state index contributed by atoms with van der Waals surface area (Å²) < 4.78 is 13.7. The van der Waals surface area contributed by atoms with Gasteiger partial charge in [0.2, 0.25) is 0 Å². The minimum atomic E-state index is -0.660. The molecule has 0 atom stereocenters. The van der Waals surface area contributed by atoms with Crippen molar-refractivity contribution in [3.8, 4) is 0 Å². The number of carbonyl (C=O) groups excluding carboxylic acids is 1. The van der Waals surface area contributed by atoms with Crippen molar-refractivity contribution in [1.29, 1.82) is 0 Å². The number of piperazine rings is 1. The van der Waals surface area contributed by atoms with E-state index in [1.54, 1.807) is 12.3 Å². The van der Waals surface area contributed by atoms with Crippen LogP contribution in [0.2, 0.25) is 5.02 Å². The molecule has 0 radical (unpaired) electrons. The summed E-state index contributed by atoms with van der Waals surface area (Å²) in [7, 11) is 0. The Balaban J connectivity index is 1.69. The normalized spacial score (nSPS) is 14.6. The molecule has 0 aliphatic carbocycles. The first-order valence-corrected chi connectivity index (χ1v) is 7.69. The summed E-state index contributed by atoms with van der Waals surface area (Å²) >= 11 is 5.68. The number of anilines is 2. The van der Waals surface area contributed by atoms with Crippen molar-refractivity contribution in [3.63, 3.8) is 0 Å². The van der Waals surface area contributed by atoms with E-state index in [2.05, 4.69) is 20.5 Å². The maximum Gasteiger partial charge on any atom is 0.259 e. The van der Waals surface area contributed by atoms with Crippen LogP contribution in [-0.2, 0) is 0 Å². The number of nitrogens with one attached hydrogen (secondary N) is 2. The topological polar surface area (TPSA) is 57.3 Å². The maximum absolute atomic E-state index is 13.7. The lowest BCUT2D eigenvalue weighted by molar-refractivity contribution is 0.102. The second-order valence-corrected chi connectivity index (χ2v) is 5.65. The van der Waals surface area contributed by atoms with Crippen molar-refractivity contribution in [2.75, 3.05) is 36.4 Å². The van der Waals surface area contributed by atoms with Crippen LogP contribution in [0.15, 0.2) is 36.5 Å². The van der Waals surface area contributed by atoms with Crippen LogP contribution < -0.4 is 15.5 Å². The molecule has 0 saturated carbocycles. The highest BCUT2D eigenvalue weighted by molar-refractivity contribution is 6.30. The zero-order valence-corrected chi connectivity index (χ0v) is 13.1. The number of amides is 1.